The zero-order chi connectivity index (χ0) is 13.4. The van der Waals surface area contributed by atoms with Crippen LogP contribution in [0.3, 0.4) is 0 Å². The highest BCUT2D eigenvalue weighted by molar-refractivity contribution is 9.10. The van der Waals surface area contributed by atoms with E-state index < -0.39 is 0 Å². The fraction of sp³-hybridized carbons (Fsp3) is 0.294. The van der Waals surface area contributed by atoms with E-state index in [-0.39, 0.29) is 0 Å². The Kier molecular flexibility index (Phi) is 3.63. The summed E-state index contributed by atoms with van der Waals surface area (Å²) >= 11 is 3.56. The summed E-state index contributed by atoms with van der Waals surface area (Å²) in [5.74, 6) is 0. The fourth-order valence-corrected chi connectivity index (χ4v) is 3.23. The van der Waals surface area contributed by atoms with E-state index in [9.17, 15) is 0 Å². The Balaban J connectivity index is 2.70. The molecule has 0 spiro atoms. The second kappa shape index (κ2) is 4.89. The van der Waals surface area contributed by atoms with Gasteiger partial charge in [0.15, 0.2) is 0 Å². The van der Waals surface area contributed by atoms with Gasteiger partial charge in [-0.3, -0.25) is 0 Å². The molecule has 0 radical (unpaired) electrons. The maximum atomic E-state index is 3.56. The second-order valence-electron chi connectivity index (χ2n) is 5.15. The molecule has 2 rings (SSSR count). The van der Waals surface area contributed by atoms with E-state index in [1.54, 1.807) is 0 Å². The molecule has 0 aliphatic carbocycles. The Labute approximate surface area is 118 Å². The molecule has 94 valence electrons. The van der Waals surface area contributed by atoms with Crippen LogP contribution in [0.1, 0.15) is 27.8 Å². The molecule has 1 heteroatoms. The highest BCUT2D eigenvalue weighted by atomic mass is 79.9. The Hall–Kier alpha value is -1.08. The Morgan fingerprint density at radius 3 is 1.56 bits per heavy atom. The lowest BCUT2D eigenvalue weighted by Gasteiger charge is -2.14. The topological polar surface area (TPSA) is 0 Å². The third-order valence-corrected chi connectivity index (χ3v) is 4.17. The van der Waals surface area contributed by atoms with E-state index in [0.29, 0.717) is 0 Å². The van der Waals surface area contributed by atoms with E-state index in [4.69, 9.17) is 0 Å². The first kappa shape index (κ1) is 13.4. The highest BCUT2D eigenvalue weighted by Crippen LogP contribution is 2.32. The highest BCUT2D eigenvalue weighted by Gasteiger charge is 2.09. The normalized spacial score (nSPS) is 10.8. The standard InChI is InChI=1S/C17H19Br/c1-10-6-15(7-11(2)14(10)5)17-12(3)8-16(18)9-13(17)4/h6-9H,1-5H3. The summed E-state index contributed by atoms with van der Waals surface area (Å²) in [4.78, 5) is 0. The Bertz CT molecular complexity index is 563. The summed E-state index contributed by atoms with van der Waals surface area (Å²) in [6.07, 6.45) is 0. The largest absolute Gasteiger partial charge is 0.0511 e. The molecule has 0 saturated carbocycles. The quantitative estimate of drug-likeness (QED) is 0.638. The third-order valence-electron chi connectivity index (χ3n) is 3.71. The molecule has 0 N–H and O–H groups in total. The summed E-state index contributed by atoms with van der Waals surface area (Å²) in [7, 11) is 0. The van der Waals surface area contributed by atoms with Crippen molar-refractivity contribution in [2.45, 2.75) is 34.6 Å². The van der Waals surface area contributed by atoms with Crippen molar-refractivity contribution in [2.75, 3.05) is 0 Å². The van der Waals surface area contributed by atoms with Crippen LogP contribution >= 0.6 is 15.9 Å². The van der Waals surface area contributed by atoms with Crippen molar-refractivity contribution in [1.29, 1.82) is 0 Å². The van der Waals surface area contributed by atoms with Crippen LogP contribution in [0.2, 0.25) is 0 Å². The summed E-state index contributed by atoms with van der Waals surface area (Å²) in [6.45, 7) is 10.9. The van der Waals surface area contributed by atoms with Crippen LogP contribution in [0.4, 0.5) is 0 Å². The predicted octanol–water partition coefficient (Wildman–Crippen LogP) is 5.66. The smallest absolute Gasteiger partial charge is 0.0180 e. The minimum absolute atomic E-state index is 1.15. The molecule has 2 aromatic rings. The van der Waals surface area contributed by atoms with Gasteiger partial charge in [-0.2, -0.15) is 0 Å². The van der Waals surface area contributed by atoms with E-state index in [0.717, 1.165) is 4.47 Å². The molecule has 0 aliphatic rings. The van der Waals surface area contributed by atoms with Crippen LogP contribution in [0.5, 0.6) is 0 Å². The van der Waals surface area contributed by atoms with Crippen LogP contribution in [-0.2, 0) is 0 Å². The number of benzene rings is 2. The molecule has 0 saturated heterocycles. The lowest BCUT2D eigenvalue weighted by Crippen LogP contribution is -1.93. The van der Waals surface area contributed by atoms with E-state index >= 15 is 0 Å². The van der Waals surface area contributed by atoms with Crippen molar-refractivity contribution in [3.63, 3.8) is 0 Å². The first-order chi connectivity index (χ1) is 8.40. The van der Waals surface area contributed by atoms with Gasteiger partial charge in [-0.15, -0.1) is 0 Å². The molecule has 0 aliphatic heterocycles. The van der Waals surface area contributed by atoms with E-state index in [1.165, 1.54) is 38.9 Å². The van der Waals surface area contributed by atoms with Crippen LogP contribution in [0, 0.1) is 34.6 Å². The molecular formula is C17H19Br. The maximum absolute atomic E-state index is 3.56. The van der Waals surface area contributed by atoms with Crippen LogP contribution in [0.15, 0.2) is 28.7 Å². The minimum atomic E-state index is 1.15. The van der Waals surface area contributed by atoms with Gasteiger partial charge in [0.25, 0.3) is 0 Å². The molecule has 0 unspecified atom stereocenters. The molecule has 0 atom stereocenters. The zero-order valence-electron chi connectivity index (χ0n) is 11.7. The molecule has 0 nitrogen and oxygen atoms in total. The zero-order valence-corrected chi connectivity index (χ0v) is 13.3. The third kappa shape index (κ3) is 2.37. The van der Waals surface area contributed by atoms with E-state index in [1.807, 2.05) is 0 Å². The summed E-state index contributed by atoms with van der Waals surface area (Å²) in [6, 6.07) is 8.97. The SMILES string of the molecule is Cc1cc(-c2c(C)cc(Br)cc2C)cc(C)c1C. The molecule has 0 fully saturated rings. The van der Waals surface area contributed by atoms with Gasteiger partial charge in [-0.05, 0) is 85.7 Å². The van der Waals surface area contributed by atoms with Crippen molar-refractivity contribution in [2.24, 2.45) is 0 Å². The molecule has 2 aromatic carbocycles. The molecule has 0 heterocycles. The summed E-state index contributed by atoms with van der Waals surface area (Å²) < 4.78 is 1.15. The number of hydrogen-bond acceptors (Lipinski definition) is 0. The van der Waals surface area contributed by atoms with E-state index in [2.05, 4.69) is 74.8 Å². The van der Waals surface area contributed by atoms with Crippen molar-refractivity contribution in [3.8, 4) is 11.1 Å². The molecular weight excluding hydrogens is 284 g/mol. The average Bonchev–Trinajstić information content (AvgIpc) is 2.24. The number of rotatable bonds is 1. The van der Waals surface area contributed by atoms with Crippen molar-refractivity contribution >= 4 is 15.9 Å². The first-order valence-electron chi connectivity index (χ1n) is 6.25. The van der Waals surface area contributed by atoms with Gasteiger partial charge in [0.1, 0.15) is 0 Å². The van der Waals surface area contributed by atoms with Crippen molar-refractivity contribution < 1.29 is 0 Å². The summed E-state index contributed by atoms with van der Waals surface area (Å²) in [5.41, 5.74) is 9.47. The Morgan fingerprint density at radius 1 is 0.667 bits per heavy atom. The molecule has 0 bridgehead atoms. The predicted molar refractivity (Wildman–Crippen MR) is 83.3 cm³/mol. The molecule has 18 heavy (non-hydrogen) atoms. The number of halogens is 1. The van der Waals surface area contributed by atoms with Gasteiger partial charge in [-0.25, -0.2) is 0 Å². The maximum Gasteiger partial charge on any atom is 0.0180 e. The van der Waals surface area contributed by atoms with Gasteiger partial charge >= 0.3 is 0 Å². The van der Waals surface area contributed by atoms with Crippen LogP contribution in [-0.4, -0.2) is 0 Å². The number of aryl methyl sites for hydroxylation is 4. The van der Waals surface area contributed by atoms with Crippen molar-refractivity contribution in [3.05, 3.63) is 56.6 Å². The minimum Gasteiger partial charge on any atom is -0.0511 e. The van der Waals surface area contributed by atoms with Gasteiger partial charge in [0.2, 0.25) is 0 Å². The monoisotopic (exact) mass is 302 g/mol. The van der Waals surface area contributed by atoms with Crippen LogP contribution < -0.4 is 0 Å². The van der Waals surface area contributed by atoms with Gasteiger partial charge < -0.3 is 0 Å². The molecule has 0 aromatic heterocycles. The van der Waals surface area contributed by atoms with Crippen LogP contribution in [0.25, 0.3) is 11.1 Å². The molecule has 0 amide bonds. The lowest BCUT2D eigenvalue weighted by atomic mass is 9.91. The van der Waals surface area contributed by atoms with Gasteiger partial charge in [0.05, 0.1) is 0 Å². The first-order valence-corrected chi connectivity index (χ1v) is 7.04. The van der Waals surface area contributed by atoms with Gasteiger partial charge in [-0.1, -0.05) is 28.1 Å². The van der Waals surface area contributed by atoms with Gasteiger partial charge in [0, 0.05) is 4.47 Å². The van der Waals surface area contributed by atoms with Crippen molar-refractivity contribution in [1.82, 2.24) is 0 Å². The fourth-order valence-electron chi connectivity index (χ4n) is 2.55. The average molecular weight is 303 g/mol. The lowest BCUT2D eigenvalue weighted by molar-refractivity contribution is 1.26. The number of hydrogen-bond donors (Lipinski definition) is 0. The Morgan fingerprint density at radius 2 is 1.11 bits per heavy atom. The summed E-state index contributed by atoms with van der Waals surface area (Å²) in [5, 5.41) is 0. The second-order valence-corrected chi connectivity index (χ2v) is 6.07.